The molecule has 106 valence electrons. The summed E-state index contributed by atoms with van der Waals surface area (Å²) in [5.74, 6) is 0.888. The Kier molecular flexibility index (Phi) is 5.23. The van der Waals surface area contributed by atoms with Gasteiger partial charge < -0.3 is 10.5 Å². The number of rotatable bonds is 6. The first-order valence-electron chi connectivity index (χ1n) is 7.38. The van der Waals surface area contributed by atoms with Gasteiger partial charge in [0.25, 0.3) is 0 Å². The number of hydrogen-bond donors (Lipinski definition) is 1. The van der Waals surface area contributed by atoms with Gasteiger partial charge in [-0.15, -0.1) is 0 Å². The van der Waals surface area contributed by atoms with Crippen LogP contribution in [0.1, 0.15) is 44.2 Å². The smallest absolute Gasteiger partial charge is 0.118 e. The van der Waals surface area contributed by atoms with Crippen molar-refractivity contribution in [2.75, 3.05) is 20.2 Å². The fraction of sp³-hybridized carbons (Fsp3) is 0.625. The van der Waals surface area contributed by atoms with E-state index in [0.717, 1.165) is 24.9 Å². The summed E-state index contributed by atoms with van der Waals surface area (Å²) in [7, 11) is 1.69. The van der Waals surface area contributed by atoms with E-state index in [4.69, 9.17) is 10.5 Å². The van der Waals surface area contributed by atoms with Crippen molar-refractivity contribution in [1.82, 2.24) is 4.90 Å². The van der Waals surface area contributed by atoms with Crippen molar-refractivity contribution in [2.24, 2.45) is 5.73 Å². The summed E-state index contributed by atoms with van der Waals surface area (Å²) in [5, 5.41) is 0. The minimum Gasteiger partial charge on any atom is -0.497 e. The maximum absolute atomic E-state index is 6.35. The van der Waals surface area contributed by atoms with Crippen molar-refractivity contribution >= 4 is 0 Å². The minimum atomic E-state index is 0.0893. The molecule has 0 heterocycles. The number of nitrogens with two attached hydrogens (primary N) is 1. The summed E-state index contributed by atoms with van der Waals surface area (Å²) in [6, 6.07) is 8.96. The molecule has 19 heavy (non-hydrogen) atoms. The van der Waals surface area contributed by atoms with Crippen LogP contribution >= 0.6 is 0 Å². The molecule has 0 saturated heterocycles. The van der Waals surface area contributed by atoms with Crippen LogP contribution < -0.4 is 10.5 Å². The zero-order valence-corrected chi connectivity index (χ0v) is 12.1. The van der Waals surface area contributed by atoms with Crippen molar-refractivity contribution in [2.45, 2.75) is 44.7 Å². The molecule has 0 spiro atoms. The van der Waals surface area contributed by atoms with Crippen molar-refractivity contribution in [1.29, 1.82) is 0 Å². The second-order valence-electron chi connectivity index (χ2n) is 5.41. The van der Waals surface area contributed by atoms with E-state index in [9.17, 15) is 0 Å². The molecule has 0 aliphatic heterocycles. The third kappa shape index (κ3) is 3.71. The van der Waals surface area contributed by atoms with Crippen molar-refractivity contribution in [3.05, 3.63) is 29.8 Å². The molecular weight excluding hydrogens is 236 g/mol. The molecule has 1 fully saturated rings. The first-order valence-corrected chi connectivity index (χ1v) is 7.38. The predicted molar refractivity (Wildman–Crippen MR) is 79.4 cm³/mol. The standard InChI is InChI=1S/C16H26N2O/c1-3-18(14-6-4-5-7-14)12-16(17)13-8-10-15(19-2)11-9-13/h8-11,14,16H,3-7,12,17H2,1-2H3. The van der Waals surface area contributed by atoms with Crippen LogP contribution in [-0.2, 0) is 0 Å². The Morgan fingerprint density at radius 1 is 1.26 bits per heavy atom. The minimum absolute atomic E-state index is 0.0893. The summed E-state index contributed by atoms with van der Waals surface area (Å²) >= 11 is 0. The SMILES string of the molecule is CCN(CC(N)c1ccc(OC)cc1)C1CCCC1. The van der Waals surface area contributed by atoms with Crippen molar-refractivity contribution in [3.63, 3.8) is 0 Å². The van der Waals surface area contributed by atoms with Crippen LogP contribution in [-0.4, -0.2) is 31.1 Å². The van der Waals surface area contributed by atoms with Gasteiger partial charge >= 0.3 is 0 Å². The summed E-state index contributed by atoms with van der Waals surface area (Å²) in [6.07, 6.45) is 5.42. The fourth-order valence-corrected chi connectivity index (χ4v) is 3.01. The lowest BCUT2D eigenvalue weighted by atomic mass is 10.1. The van der Waals surface area contributed by atoms with Gasteiger partial charge in [-0.25, -0.2) is 0 Å². The first kappa shape index (κ1) is 14.4. The topological polar surface area (TPSA) is 38.5 Å². The largest absolute Gasteiger partial charge is 0.497 e. The van der Waals surface area contributed by atoms with Crippen molar-refractivity contribution < 1.29 is 4.74 Å². The summed E-state index contributed by atoms with van der Waals surface area (Å²) in [5.41, 5.74) is 7.54. The maximum atomic E-state index is 6.35. The third-order valence-electron chi connectivity index (χ3n) is 4.22. The molecule has 3 heteroatoms. The Hall–Kier alpha value is -1.06. The lowest BCUT2D eigenvalue weighted by Gasteiger charge is -2.30. The van der Waals surface area contributed by atoms with Crippen molar-refractivity contribution in [3.8, 4) is 5.75 Å². The predicted octanol–water partition coefficient (Wildman–Crippen LogP) is 2.96. The second kappa shape index (κ2) is 6.92. The summed E-state index contributed by atoms with van der Waals surface area (Å²) in [4.78, 5) is 2.54. The van der Waals surface area contributed by atoms with Gasteiger partial charge in [-0.05, 0) is 37.1 Å². The van der Waals surface area contributed by atoms with Crippen LogP contribution in [0.4, 0.5) is 0 Å². The molecule has 1 aromatic carbocycles. The lowest BCUT2D eigenvalue weighted by molar-refractivity contribution is 0.197. The van der Waals surface area contributed by atoms with Gasteiger partial charge in [0.2, 0.25) is 0 Å². The van der Waals surface area contributed by atoms with Crippen LogP contribution in [0, 0.1) is 0 Å². The molecule has 1 unspecified atom stereocenters. The van der Waals surface area contributed by atoms with Gasteiger partial charge in [0.15, 0.2) is 0 Å². The maximum Gasteiger partial charge on any atom is 0.118 e. The first-order chi connectivity index (χ1) is 9.24. The number of nitrogens with zero attached hydrogens (tertiary/aromatic N) is 1. The van der Waals surface area contributed by atoms with Crippen LogP contribution in [0.25, 0.3) is 0 Å². The highest BCUT2D eigenvalue weighted by Crippen LogP contribution is 2.25. The molecule has 1 saturated carbocycles. The molecule has 0 radical (unpaired) electrons. The molecule has 1 aromatic rings. The van der Waals surface area contributed by atoms with E-state index in [0.29, 0.717) is 0 Å². The molecular formula is C16H26N2O. The lowest BCUT2D eigenvalue weighted by Crippen LogP contribution is -2.38. The van der Waals surface area contributed by atoms with Gasteiger partial charge in [-0.1, -0.05) is 31.9 Å². The quantitative estimate of drug-likeness (QED) is 0.856. The highest BCUT2D eigenvalue weighted by Gasteiger charge is 2.23. The highest BCUT2D eigenvalue weighted by atomic mass is 16.5. The normalized spacial score (nSPS) is 17.9. The van der Waals surface area contributed by atoms with Gasteiger partial charge in [0, 0.05) is 18.6 Å². The Morgan fingerprint density at radius 2 is 1.89 bits per heavy atom. The fourth-order valence-electron chi connectivity index (χ4n) is 3.01. The molecule has 0 bridgehead atoms. The zero-order valence-electron chi connectivity index (χ0n) is 12.1. The van der Waals surface area contributed by atoms with Crippen LogP contribution in [0.2, 0.25) is 0 Å². The summed E-state index contributed by atoms with van der Waals surface area (Å²) < 4.78 is 5.18. The van der Waals surface area contributed by atoms with E-state index in [2.05, 4.69) is 24.0 Å². The molecule has 2 N–H and O–H groups in total. The number of likely N-dealkylation sites (N-methyl/N-ethyl adjacent to an activating group) is 1. The second-order valence-corrected chi connectivity index (χ2v) is 5.41. The van der Waals surface area contributed by atoms with E-state index in [-0.39, 0.29) is 6.04 Å². The van der Waals surface area contributed by atoms with E-state index < -0.39 is 0 Å². The Balaban J connectivity index is 1.95. The Morgan fingerprint density at radius 3 is 2.42 bits per heavy atom. The third-order valence-corrected chi connectivity index (χ3v) is 4.22. The number of hydrogen-bond acceptors (Lipinski definition) is 3. The Bertz CT molecular complexity index is 371. The number of benzene rings is 1. The monoisotopic (exact) mass is 262 g/mol. The molecule has 1 aliphatic rings. The van der Waals surface area contributed by atoms with Gasteiger partial charge in [-0.3, -0.25) is 4.90 Å². The van der Waals surface area contributed by atoms with E-state index >= 15 is 0 Å². The van der Waals surface area contributed by atoms with Crippen LogP contribution in [0.5, 0.6) is 5.75 Å². The average Bonchev–Trinajstić information content (AvgIpc) is 2.98. The van der Waals surface area contributed by atoms with E-state index in [1.807, 2.05) is 12.1 Å². The summed E-state index contributed by atoms with van der Waals surface area (Å²) in [6.45, 7) is 4.28. The Labute approximate surface area is 116 Å². The number of ether oxygens (including phenoxy) is 1. The molecule has 1 atom stereocenters. The van der Waals surface area contributed by atoms with Crippen LogP contribution in [0.15, 0.2) is 24.3 Å². The highest BCUT2D eigenvalue weighted by molar-refractivity contribution is 5.29. The van der Waals surface area contributed by atoms with Gasteiger partial charge in [0.05, 0.1) is 7.11 Å². The molecule has 3 nitrogen and oxygen atoms in total. The van der Waals surface area contributed by atoms with Crippen LogP contribution in [0.3, 0.4) is 0 Å². The zero-order chi connectivity index (χ0) is 13.7. The number of methoxy groups -OCH3 is 1. The van der Waals surface area contributed by atoms with Gasteiger partial charge in [0.1, 0.15) is 5.75 Å². The van der Waals surface area contributed by atoms with E-state index in [1.54, 1.807) is 7.11 Å². The average molecular weight is 262 g/mol. The molecule has 1 aliphatic carbocycles. The molecule has 0 aromatic heterocycles. The van der Waals surface area contributed by atoms with Gasteiger partial charge in [-0.2, -0.15) is 0 Å². The van der Waals surface area contributed by atoms with E-state index in [1.165, 1.54) is 31.2 Å². The molecule has 0 amide bonds. The molecule has 2 rings (SSSR count).